The zero-order chi connectivity index (χ0) is 12.3. The first kappa shape index (κ1) is 12.9. The van der Waals surface area contributed by atoms with E-state index in [1.807, 2.05) is 6.07 Å². The molecule has 2 rings (SSSR count). The molecule has 1 aromatic rings. The lowest BCUT2D eigenvalue weighted by molar-refractivity contribution is 0.252. The summed E-state index contributed by atoms with van der Waals surface area (Å²) in [7, 11) is 0. The fourth-order valence-electron chi connectivity index (χ4n) is 2.61. The van der Waals surface area contributed by atoms with Gasteiger partial charge in [0, 0.05) is 17.1 Å². The summed E-state index contributed by atoms with van der Waals surface area (Å²) in [6.45, 7) is 5.30. The van der Waals surface area contributed by atoms with Gasteiger partial charge in [-0.15, -0.1) is 0 Å². The number of rotatable bonds is 3. The van der Waals surface area contributed by atoms with E-state index in [0.29, 0.717) is 5.54 Å². The second-order valence-electron chi connectivity index (χ2n) is 5.57. The van der Waals surface area contributed by atoms with Crippen LogP contribution in [0.3, 0.4) is 0 Å². The summed E-state index contributed by atoms with van der Waals surface area (Å²) in [6.07, 6.45) is 6.67. The van der Waals surface area contributed by atoms with Crippen LogP contribution in [0.25, 0.3) is 0 Å². The van der Waals surface area contributed by atoms with Crippen LogP contribution in [0.2, 0.25) is 5.02 Å². The van der Waals surface area contributed by atoms with Gasteiger partial charge < -0.3 is 5.32 Å². The first-order valence-electron chi connectivity index (χ1n) is 6.59. The van der Waals surface area contributed by atoms with E-state index < -0.39 is 0 Å². The summed E-state index contributed by atoms with van der Waals surface area (Å²) in [5.74, 6) is 0. The molecule has 0 aromatic heterocycles. The van der Waals surface area contributed by atoms with Crippen LogP contribution in [0, 0.1) is 6.92 Å². The fourth-order valence-corrected chi connectivity index (χ4v) is 2.92. The van der Waals surface area contributed by atoms with Crippen molar-refractivity contribution in [1.82, 2.24) is 5.32 Å². The van der Waals surface area contributed by atoms with E-state index in [9.17, 15) is 0 Å². The van der Waals surface area contributed by atoms with Crippen molar-refractivity contribution in [2.75, 3.05) is 0 Å². The van der Waals surface area contributed by atoms with Crippen molar-refractivity contribution in [2.24, 2.45) is 0 Å². The maximum Gasteiger partial charge on any atom is 0.0453 e. The Morgan fingerprint density at radius 2 is 1.94 bits per heavy atom. The Morgan fingerprint density at radius 1 is 1.24 bits per heavy atom. The Hall–Kier alpha value is -0.530. The van der Waals surface area contributed by atoms with Gasteiger partial charge in [0.25, 0.3) is 0 Å². The van der Waals surface area contributed by atoms with E-state index in [1.54, 1.807) is 0 Å². The molecule has 17 heavy (non-hydrogen) atoms. The molecule has 0 saturated heterocycles. The van der Waals surface area contributed by atoms with Gasteiger partial charge in [-0.3, -0.25) is 0 Å². The highest BCUT2D eigenvalue weighted by Gasteiger charge is 2.25. The molecule has 94 valence electrons. The van der Waals surface area contributed by atoms with Crippen LogP contribution in [-0.4, -0.2) is 5.54 Å². The molecule has 2 heteroatoms. The van der Waals surface area contributed by atoms with Gasteiger partial charge in [0.15, 0.2) is 0 Å². The summed E-state index contributed by atoms with van der Waals surface area (Å²) < 4.78 is 0. The molecule has 1 aliphatic carbocycles. The molecule has 1 aliphatic rings. The lowest BCUT2D eigenvalue weighted by Crippen LogP contribution is -2.43. The smallest absolute Gasteiger partial charge is 0.0453 e. The molecule has 1 saturated carbocycles. The Balaban J connectivity index is 1.97. The monoisotopic (exact) mass is 251 g/mol. The molecule has 1 nitrogen and oxygen atoms in total. The van der Waals surface area contributed by atoms with E-state index in [2.05, 4.69) is 31.3 Å². The third-order valence-electron chi connectivity index (χ3n) is 3.87. The van der Waals surface area contributed by atoms with Gasteiger partial charge in [-0.2, -0.15) is 0 Å². The third-order valence-corrected chi connectivity index (χ3v) is 4.22. The largest absolute Gasteiger partial charge is 0.307 e. The maximum atomic E-state index is 6.25. The van der Waals surface area contributed by atoms with E-state index in [1.165, 1.54) is 43.2 Å². The molecule has 0 spiro atoms. The normalized spacial score (nSPS) is 19.2. The summed E-state index contributed by atoms with van der Waals surface area (Å²) >= 11 is 6.25. The highest BCUT2D eigenvalue weighted by Crippen LogP contribution is 2.28. The van der Waals surface area contributed by atoms with E-state index in [-0.39, 0.29) is 0 Å². The molecule has 1 N–H and O–H groups in total. The van der Waals surface area contributed by atoms with Crippen LogP contribution >= 0.6 is 11.6 Å². The standard InChI is InChI=1S/C15H22ClN/c1-12-6-7-13(14(16)10-12)11-17-15(2)8-4-3-5-9-15/h6-7,10,17H,3-5,8-9,11H2,1-2H3. The predicted octanol–water partition coefficient (Wildman–Crippen LogP) is 4.46. The van der Waals surface area contributed by atoms with Gasteiger partial charge in [0.2, 0.25) is 0 Å². The van der Waals surface area contributed by atoms with Crippen LogP contribution in [0.4, 0.5) is 0 Å². The van der Waals surface area contributed by atoms with Crippen molar-refractivity contribution in [1.29, 1.82) is 0 Å². The van der Waals surface area contributed by atoms with Gasteiger partial charge in [-0.25, -0.2) is 0 Å². The molecule has 1 fully saturated rings. The number of nitrogens with one attached hydrogen (secondary N) is 1. The zero-order valence-electron chi connectivity index (χ0n) is 10.9. The van der Waals surface area contributed by atoms with Gasteiger partial charge in [0.1, 0.15) is 0 Å². The third kappa shape index (κ3) is 3.46. The minimum absolute atomic E-state index is 0.312. The van der Waals surface area contributed by atoms with Crippen LogP contribution in [-0.2, 0) is 6.54 Å². The van der Waals surface area contributed by atoms with Crippen LogP contribution in [0.1, 0.15) is 50.2 Å². The van der Waals surface area contributed by atoms with Crippen molar-refractivity contribution < 1.29 is 0 Å². The maximum absolute atomic E-state index is 6.25. The van der Waals surface area contributed by atoms with E-state index >= 15 is 0 Å². The lowest BCUT2D eigenvalue weighted by atomic mass is 9.83. The Labute approximate surface area is 110 Å². The second-order valence-corrected chi connectivity index (χ2v) is 5.98. The van der Waals surface area contributed by atoms with Gasteiger partial charge >= 0.3 is 0 Å². The molecule has 0 bridgehead atoms. The highest BCUT2D eigenvalue weighted by atomic mass is 35.5. The molecular weight excluding hydrogens is 230 g/mol. The first-order chi connectivity index (χ1) is 8.09. The zero-order valence-corrected chi connectivity index (χ0v) is 11.6. The first-order valence-corrected chi connectivity index (χ1v) is 6.97. The van der Waals surface area contributed by atoms with Crippen molar-refractivity contribution in [3.05, 3.63) is 34.3 Å². The number of benzene rings is 1. The Morgan fingerprint density at radius 3 is 2.59 bits per heavy atom. The van der Waals surface area contributed by atoms with Gasteiger partial charge in [-0.1, -0.05) is 43.0 Å². The molecule has 0 amide bonds. The quantitative estimate of drug-likeness (QED) is 0.836. The molecular formula is C15H22ClN. The van der Waals surface area contributed by atoms with Crippen LogP contribution in [0.15, 0.2) is 18.2 Å². The fraction of sp³-hybridized carbons (Fsp3) is 0.600. The number of halogens is 1. The van der Waals surface area contributed by atoms with E-state index in [4.69, 9.17) is 11.6 Å². The summed E-state index contributed by atoms with van der Waals surface area (Å²) in [5.41, 5.74) is 2.75. The van der Waals surface area contributed by atoms with Crippen molar-refractivity contribution in [3.63, 3.8) is 0 Å². The van der Waals surface area contributed by atoms with Crippen molar-refractivity contribution in [2.45, 2.75) is 58.0 Å². The topological polar surface area (TPSA) is 12.0 Å². The molecule has 0 radical (unpaired) electrons. The molecule has 0 heterocycles. The minimum atomic E-state index is 0.312. The summed E-state index contributed by atoms with van der Waals surface area (Å²) in [4.78, 5) is 0. The van der Waals surface area contributed by atoms with Crippen molar-refractivity contribution in [3.8, 4) is 0 Å². The SMILES string of the molecule is Cc1ccc(CNC2(C)CCCCC2)c(Cl)c1. The van der Waals surface area contributed by atoms with E-state index in [0.717, 1.165) is 11.6 Å². The molecule has 0 unspecified atom stereocenters. The lowest BCUT2D eigenvalue weighted by Gasteiger charge is -2.35. The van der Waals surface area contributed by atoms with Crippen LogP contribution in [0.5, 0.6) is 0 Å². The summed E-state index contributed by atoms with van der Waals surface area (Å²) in [5, 5.41) is 4.58. The average Bonchev–Trinajstić information content (AvgIpc) is 2.29. The van der Waals surface area contributed by atoms with Crippen LogP contribution < -0.4 is 5.32 Å². The number of hydrogen-bond acceptors (Lipinski definition) is 1. The Bertz CT molecular complexity index is 381. The minimum Gasteiger partial charge on any atom is -0.307 e. The second kappa shape index (κ2) is 5.41. The summed E-state index contributed by atoms with van der Waals surface area (Å²) in [6, 6.07) is 6.31. The van der Waals surface area contributed by atoms with Gasteiger partial charge in [0.05, 0.1) is 0 Å². The van der Waals surface area contributed by atoms with Gasteiger partial charge in [-0.05, 0) is 43.9 Å². The number of hydrogen-bond donors (Lipinski definition) is 1. The van der Waals surface area contributed by atoms with Crippen molar-refractivity contribution >= 4 is 11.6 Å². The number of aryl methyl sites for hydroxylation is 1. The average molecular weight is 252 g/mol. The highest BCUT2D eigenvalue weighted by molar-refractivity contribution is 6.31. The molecule has 0 atom stereocenters. The molecule has 0 aliphatic heterocycles. The molecule has 1 aromatic carbocycles. The Kier molecular flexibility index (Phi) is 4.11. The predicted molar refractivity (Wildman–Crippen MR) is 74.5 cm³/mol.